The molecule has 0 amide bonds. The molecule has 0 radical (unpaired) electrons. The molecular weight excluding hydrogens is 416 g/mol. The van der Waals surface area contributed by atoms with E-state index < -0.39 is 23.3 Å². The molecule has 0 saturated heterocycles. The predicted molar refractivity (Wildman–Crippen MR) is 120 cm³/mol. The van der Waals surface area contributed by atoms with Gasteiger partial charge in [-0.3, -0.25) is 19.2 Å². The van der Waals surface area contributed by atoms with Crippen LogP contribution in [0.2, 0.25) is 0 Å². The Labute approximate surface area is 189 Å². The summed E-state index contributed by atoms with van der Waals surface area (Å²) in [6, 6.07) is 20.6. The van der Waals surface area contributed by atoms with Crippen LogP contribution in [-0.4, -0.2) is 23.1 Å². The molecule has 0 bridgehead atoms. The fourth-order valence-electron chi connectivity index (χ4n) is 4.95. The molecule has 3 aromatic rings. The first-order valence-electron chi connectivity index (χ1n) is 10.6. The summed E-state index contributed by atoms with van der Waals surface area (Å²) in [5.74, 6) is -2.95. The van der Waals surface area contributed by atoms with E-state index in [1.807, 2.05) is 31.2 Å². The van der Waals surface area contributed by atoms with Gasteiger partial charge in [-0.2, -0.15) is 0 Å². The number of benzene rings is 3. The molecule has 1 heterocycles. The minimum atomic E-state index is -0.889. The Kier molecular flexibility index (Phi) is 3.98. The lowest BCUT2D eigenvalue weighted by molar-refractivity contribution is -0.112. The molecule has 0 spiro atoms. The average molecular weight is 432 g/mol. The number of aryl methyl sites for hydroxylation is 1. The Morgan fingerprint density at radius 2 is 1.06 bits per heavy atom. The van der Waals surface area contributed by atoms with Crippen molar-refractivity contribution in [3.8, 4) is 0 Å². The molecule has 0 fully saturated rings. The van der Waals surface area contributed by atoms with Gasteiger partial charge in [-0.1, -0.05) is 72.8 Å². The lowest BCUT2D eigenvalue weighted by Gasteiger charge is -2.36. The number of fused-ring (bicyclic) bond motifs is 3. The number of ether oxygens (including phenoxy) is 1. The van der Waals surface area contributed by atoms with E-state index in [9.17, 15) is 19.2 Å². The molecule has 2 aliphatic carbocycles. The van der Waals surface area contributed by atoms with Crippen molar-refractivity contribution < 1.29 is 23.9 Å². The van der Waals surface area contributed by atoms with Gasteiger partial charge < -0.3 is 4.74 Å². The van der Waals surface area contributed by atoms with Gasteiger partial charge in [0.05, 0.1) is 11.1 Å². The fraction of sp³-hybridized carbons (Fsp3) is 0.0714. The number of carbonyl (C=O) groups excluding carboxylic acids is 4. The maximum Gasteiger partial charge on any atom is 0.234 e. The molecule has 5 nitrogen and oxygen atoms in total. The molecule has 3 aliphatic rings. The summed E-state index contributed by atoms with van der Waals surface area (Å²) in [6.07, 6.45) is 0. The highest BCUT2D eigenvalue weighted by Gasteiger charge is 2.49. The van der Waals surface area contributed by atoms with E-state index in [-0.39, 0.29) is 45.1 Å². The summed E-state index contributed by atoms with van der Waals surface area (Å²) in [6.45, 7) is 1.87. The van der Waals surface area contributed by atoms with Gasteiger partial charge in [0.1, 0.15) is 5.76 Å². The van der Waals surface area contributed by atoms with Gasteiger partial charge >= 0.3 is 0 Å². The predicted octanol–water partition coefficient (Wildman–Crippen LogP) is 4.62. The van der Waals surface area contributed by atoms with Gasteiger partial charge in [-0.05, 0) is 18.1 Å². The third-order valence-electron chi connectivity index (χ3n) is 6.50. The number of rotatable bonds is 1. The molecule has 0 saturated carbocycles. The first kappa shape index (κ1) is 19.3. The molecule has 0 N–H and O–H groups in total. The van der Waals surface area contributed by atoms with Crippen LogP contribution in [0.4, 0.5) is 0 Å². The fourth-order valence-corrected chi connectivity index (χ4v) is 4.95. The van der Waals surface area contributed by atoms with Crippen molar-refractivity contribution in [2.75, 3.05) is 0 Å². The molecule has 33 heavy (non-hydrogen) atoms. The topological polar surface area (TPSA) is 77.5 Å². The van der Waals surface area contributed by atoms with Gasteiger partial charge in [-0.15, -0.1) is 0 Å². The number of hydrogen-bond donors (Lipinski definition) is 0. The van der Waals surface area contributed by atoms with E-state index in [1.165, 1.54) is 0 Å². The second-order valence-electron chi connectivity index (χ2n) is 8.28. The van der Waals surface area contributed by atoms with Crippen molar-refractivity contribution >= 4 is 28.9 Å². The SMILES string of the molecule is Cc1ccccc1C1C2=C(OC3=C1C(=O)C(=O)c1ccccc13)C(=O)c1ccccc1C2=O. The van der Waals surface area contributed by atoms with Crippen molar-refractivity contribution in [1.29, 1.82) is 0 Å². The summed E-state index contributed by atoms with van der Waals surface area (Å²) < 4.78 is 6.09. The zero-order chi connectivity index (χ0) is 22.9. The van der Waals surface area contributed by atoms with E-state index in [1.54, 1.807) is 48.5 Å². The zero-order valence-corrected chi connectivity index (χ0v) is 17.5. The van der Waals surface area contributed by atoms with E-state index >= 15 is 0 Å². The Hall–Kier alpha value is -4.38. The van der Waals surface area contributed by atoms with Crippen LogP contribution in [0.3, 0.4) is 0 Å². The van der Waals surface area contributed by atoms with Gasteiger partial charge in [0, 0.05) is 28.2 Å². The van der Waals surface area contributed by atoms with E-state index in [2.05, 4.69) is 0 Å². The molecular formula is C28H16O5. The molecule has 1 atom stereocenters. The Balaban J connectivity index is 1.70. The second-order valence-corrected chi connectivity index (χ2v) is 8.28. The van der Waals surface area contributed by atoms with Crippen molar-refractivity contribution in [2.45, 2.75) is 12.8 Å². The summed E-state index contributed by atoms with van der Waals surface area (Å²) >= 11 is 0. The maximum atomic E-state index is 13.7. The first-order valence-corrected chi connectivity index (χ1v) is 10.6. The van der Waals surface area contributed by atoms with Crippen LogP contribution < -0.4 is 0 Å². The highest BCUT2D eigenvalue weighted by molar-refractivity contribution is 6.53. The summed E-state index contributed by atoms with van der Waals surface area (Å²) in [5.41, 5.74) is 2.93. The molecule has 6 rings (SSSR count). The minimum Gasteiger partial charge on any atom is -0.452 e. The van der Waals surface area contributed by atoms with Gasteiger partial charge in [0.15, 0.2) is 11.5 Å². The zero-order valence-electron chi connectivity index (χ0n) is 17.5. The summed E-state index contributed by atoms with van der Waals surface area (Å²) in [5, 5.41) is 0. The molecule has 158 valence electrons. The molecule has 0 aromatic heterocycles. The van der Waals surface area contributed by atoms with Crippen LogP contribution in [0.5, 0.6) is 0 Å². The Morgan fingerprint density at radius 3 is 1.73 bits per heavy atom. The number of Topliss-reactive ketones (excluding diaryl/α,β-unsaturated/α-hetero) is 4. The largest absolute Gasteiger partial charge is 0.452 e. The number of allylic oxidation sites excluding steroid dienone is 3. The Morgan fingerprint density at radius 1 is 0.545 bits per heavy atom. The van der Waals surface area contributed by atoms with E-state index in [4.69, 9.17) is 4.74 Å². The van der Waals surface area contributed by atoms with Crippen molar-refractivity contribution in [3.05, 3.63) is 123 Å². The summed E-state index contributed by atoms with van der Waals surface area (Å²) in [4.78, 5) is 53.6. The highest BCUT2D eigenvalue weighted by atomic mass is 16.5. The number of hydrogen-bond acceptors (Lipinski definition) is 5. The average Bonchev–Trinajstić information content (AvgIpc) is 2.85. The van der Waals surface area contributed by atoms with Crippen LogP contribution >= 0.6 is 0 Å². The van der Waals surface area contributed by atoms with Crippen molar-refractivity contribution in [2.24, 2.45) is 0 Å². The van der Waals surface area contributed by atoms with Gasteiger partial charge in [0.2, 0.25) is 17.3 Å². The van der Waals surface area contributed by atoms with Crippen LogP contribution in [0, 0.1) is 6.92 Å². The lowest BCUT2D eigenvalue weighted by atomic mass is 9.70. The quantitative estimate of drug-likeness (QED) is 0.525. The van der Waals surface area contributed by atoms with Gasteiger partial charge in [0.25, 0.3) is 0 Å². The maximum absolute atomic E-state index is 13.7. The van der Waals surface area contributed by atoms with Gasteiger partial charge in [-0.25, -0.2) is 0 Å². The molecule has 1 unspecified atom stereocenters. The second kappa shape index (κ2) is 6.81. The minimum absolute atomic E-state index is 0.0809. The smallest absolute Gasteiger partial charge is 0.234 e. The van der Waals surface area contributed by atoms with Crippen LogP contribution in [0.1, 0.15) is 53.7 Å². The monoisotopic (exact) mass is 432 g/mol. The third-order valence-corrected chi connectivity index (χ3v) is 6.50. The van der Waals surface area contributed by atoms with E-state index in [0.717, 1.165) is 5.56 Å². The number of carbonyl (C=O) groups is 4. The highest BCUT2D eigenvalue weighted by Crippen LogP contribution is 2.50. The van der Waals surface area contributed by atoms with Crippen LogP contribution in [0.25, 0.3) is 5.76 Å². The van der Waals surface area contributed by atoms with Crippen LogP contribution in [-0.2, 0) is 9.53 Å². The lowest BCUT2D eigenvalue weighted by Crippen LogP contribution is -2.36. The van der Waals surface area contributed by atoms with Crippen molar-refractivity contribution in [3.63, 3.8) is 0 Å². The van der Waals surface area contributed by atoms with E-state index in [0.29, 0.717) is 11.1 Å². The standard InChI is InChI=1S/C28H16O5/c1-14-8-2-3-9-15(14)20-21-23(29)16-10-4-5-11-17(16)25(31)28(21)33-27-19-13-7-6-12-18(19)24(30)26(32)22(20)27/h2-13,20H,1H3. The normalized spacial score (nSPS) is 19.0. The molecule has 3 aromatic carbocycles. The third kappa shape index (κ3) is 2.53. The first-order chi connectivity index (χ1) is 16.0. The molecule has 1 aliphatic heterocycles. The summed E-state index contributed by atoms with van der Waals surface area (Å²) in [7, 11) is 0. The van der Waals surface area contributed by atoms with Crippen LogP contribution in [0.15, 0.2) is 89.7 Å². The molecule has 5 heteroatoms. The number of ketones is 4. The Bertz CT molecular complexity index is 1520. The van der Waals surface area contributed by atoms with Crippen molar-refractivity contribution in [1.82, 2.24) is 0 Å².